The molecular formula is C15H25NO. The predicted molar refractivity (Wildman–Crippen MR) is 73.6 cm³/mol. The van der Waals surface area contributed by atoms with Crippen LogP contribution in [0.5, 0.6) is 5.75 Å². The van der Waals surface area contributed by atoms with Gasteiger partial charge in [-0.15, -0.1) is 0 Å². The zero-order valence-corrected chi connectivity index (χ0v) is 11.5. The molecule has 2 nitrogen and oxygen atoms in total. The number of methoxy groups -OCH3 is 1. The van der Waals surface area contributed by atoms with Crippen molar-refractivity contribution in [1.82, 2.24) is 5.32 Å². The number of nitrogens with one attached hydrogen (secondary N) is 1. The van der Waals surface area contributed by atoms with Gasteiger partial charge in [-0.05, 0) is 43.0 Å². The maximum absolute atomic E-state index is 5.17. The van der Waals surface area contributed by atoms with E-state index in [1.807, 2.05) is 12.1 Å². The smallest absolute Gasteiger partial charge is 0.118 e. The SMILES string of the molecule is CCCNC(Cc1ccc(OC)cc1)C(C)C. The highest BCUT2D eigenvalue weighted by Gasteiger charge is 2.12. The molecule has 0 bridgehead atoms. The molecule has 0 aliphatic carbocycles. The van der Waals surface area contributed by atoms with E-state index < -0.39 is 0 Å². The van der Waals surface area contributed by atoms with Crippen molar-refractivity contribution >= 4 is 0 Å². The Morgan fingerprint density at radius 3 is 2.29 bits per heavy atom. The zero-order valence-electron chi connectivity index (χ0n) is 11.5. The molecule has 1 N–H and O–H groups in total. The molecule has 0 radical (unpaired) electrons. The topological polar surface area (TPSA) is 21.3 Å². The molecule has 2 heteroatoms. The number of ether oxygens (including phenoxy) is 1. The average Bonchev–Trinajstić information content (AvgIpc) is 2.35. The average molecular weight is 235 g/mol. The van der Waals surface area contributed by atoms with Gasteiger partial charge >= 0.3 is 0 Å². The minimum absolute atomic E-state index is 0.559. The Kier molecular flexibility index (Phi) is 6.06. The lowest BCUT2D eigenvalue weighted by atomic mass is 9.96. The van der Waals surface area contributed by atoms with Crippen LogP contribution in [0.4, 0.5) is 0 Å². The normalized spacial score (nSPS) is 12.8. The molecule has 0 aliphatic heterocycles. The van der Waals surface area contributed by atoms with Crippen molar-refractivity contribution in [3.05, 3.63) is 29.8 Å². The van der Waals surface area contributed by atoms with Gasteiger partial charge in [0.1, 0.15) is 5.75 Å². The van der Waals surface area contributed by atoms with Crippen LogP contribution in [0.2, 0.25) is 0 Å². The summed E-state index contributed by atoms with van der Waals surface area (Å²) >= 11 is 0. The van der Waals surface area contributed by atoms with Crippen molar-refractivity contribution in [3.63, 3.8) is 0 Å². The molecule has 0 saturated heterocycles. The minimum atomic E-state index is 0.559. The second kappa shape index (κ2) is 7.33. The molecule has 0 aliphatic rings. The Labute approximate surface area is 105 Å². The summed E-state index contributed by atoms with van der Waals surface area (Å²) in [6, 6.07) is 8.94. The Hall–Kier alpha value is -1.02. The fourth-order valence-electron chi connectivity index (χ4n) is 1.89. The Morgan fingerprint density at radius 1 is 1.18 bits per heavy atom. The van der Waals surface area contributed by atoms with Crippen LogP contribution in [0.25, 0.3) is 0 Å². The molecular weight excluding hydrogens is 210 g/mol. The van der Waals surface area contributed by atoms with Gasteiger partial charge in [-0.25, -0.2) is 0 Å². The molecule has 0 amide bonds. The van der Waals surface area contributed by atoms with Gasteiger partial charge < -0.3 is 10.1 Å². The fourth-order valence-corrected chi connectivity index (χ4v) is 1.89. The van der Waals surface area contributed by atoms with Gasteiger partial charge in [0, 0.05) is 6.04 Å². The van der Waals surface area contributed by atoms with Crippen LogP contribution in [0.15, 0.2) is 24.3 Å². The van der Waals surface area contributed by atoms with E-state index in [-0.39, 0.29) is 0 Å². The zero-order chi connectivity index (χ0) is 12.7. The van der Waals surface area contributed by atoms with Gasteiger partial charge in [0.05, 0.1) is 7.11 Å². The molecule has 1 aromatic rings. The molecule has 1 rings (SSSR count). The van der Waals surface area contributed by atoms with E-state index in [9.17, 15) is 0 Å². The van der Waals surface area contributed by atoms with Crippen LogP contribution in [0, 0.1) is 5.92 Å². The largest absolute Gasteiger partial charge is 0.497 e. The quantitative estimate of drug-likeness (QED) is 0.783. The van der Waals surface area contributed by atoms with Gasteiger partial charge in [0.25, 0.3) is 0 Å². The van der Waals surface area contributed by atoms with Crippen molar-refractivity contribution in [2.75, 3.05) is 13.7 Å². The van der Waals surface area contributed by atoms with Crippen molar-refractivity contribution in [2.24, 2.45) is 5.92 Å². The Balaban J connectivity index is 2.58. The molecule has 0 fully saturated rings. The van der Waals surface area contributed by atoms with Crippen LogP contribution in [-0.2, 0) is 6.42 Å². The number of benzene rings is 1. The molecule has 1 aromatic carbocycles. The lowest BCUT2D eigenvalue weighted by Gasteiger charge is -2.22. The van der Waals surface area contributed by atoms with Crippen molar-refractivity contribution in [1.29, 1.82) is 0 Å². The summed E-state index contributed by atoms with van der Waals surface area (Å²) in [4.78, 5) is 0. The van der Waals surface area contributed by atoms with Crippen LogP contribution >= 0.6 is 0 Å². The van der Waals surface area contributed by atoms with Crippen molar-refractivity contribution in [3.8, 4) is 5.75 Å². The molecule has 1 atom stereocenters. The van der Waals surface area contributed by atoms with Crippen LogP contribution in [-0.4, -0.2) is 19.7 Å². The standard InChI is InChI=1S/C15H25NO/c1-5-10-16-15(12(2)3)11-13-6-8-14(17-4)9-7-13/h6-9,12,15-16H,5,10-11H2,1-4H3. The third kappa shape index (κ3) is 4.78. The summed E-state index contributed by atoms with van der Waals surface area (Å²) in [7, 11) is 1.70. The first-order chi connectivity index (χ1) is 8.17. The summed E-state index contributed by atoms with van der Waals surface area (Å²) in [6.45, 7) is 7.85. The summed E-state index contributed by atoms with van der Waals surface area (Å²) in [6.07, 6.45) is 2.27. The van der Waals surface area contributed by atoms with Gasteiger partial charge in [-0.2, -0.15) is 0 Å². The highest BCUT2D eigenvalue weighted by molar-refractivity contribution is 5.27. The molecule has 17 heavy (non-hydrogen) atoms. The van der Waals surface area contributed by atoms with E-state index in [1.54, 1.807) is 7.11 Å². The van der Waals surface area contributed by atoms with Crippen LogP contribution in [0.3, 0.4) is 0 Å². The monoisotopic (exact) mass is 235 g/mol. The maximum Gasteiger partial charge on any atom is 0.118 e. The van der Waals surface area contributed by atoms with Gasteiger partial charge in [-0.3, -0.25) is 0 Å². The van der Waals surface area contributed by atoms with Crippen LogP contribution < -0.4 is 10.1 Å². The van der Waals surface area contributed by atoms with Gasteiger partial charge in [0.15, 0.2) is 0 Å². The predicted octanol–water partition coefficient (Wildman–Crippen LogP) is 3.26. The first-order valence-corrected chi connectivity index (χ1v) is 6.53. The highest BCUT2D eigenvalue weighted by atomic mass is 16.5. The first kappa shape index (κ1) is 14.0. The number of rotatable bonds is 7. The van der Waals surface area contributed by atoms with Crippen molar-refractivity contribution < 1.29 is 4.74 Å². The molecule has 0 spiro atoms. The van der Waals surface area contributed by atoms with Crippen molar-refractivity contribution in [2.45, 2.75) is 39.7 Å². The summed E-state index contributed by atoms with van der Waals surface area (Å²) < 4.78 is 5.17. The highest BCUT2D eigenvalue weighted by Crippen LogP contribution is 2.15. The summed E-state index contributed by atoms with van der Waals surface area (Å²) in [5.74, 6) is 1.58. The van der Waals surface area contributed by atoms with E-state index in [0.29, 0.717) is 12.0 Å². The Morgan fingerprint density at radius 2 is 1.82 bits per heavy atom. The third-order valence-electron chi connectivity index (χ3n) is 3.08. The minimum Gasteiger partial charge on any atom is -0.497 e. The number of hydrogen-bond donors (Lipinski definition) is 1. The molecule has 1 unspecified atom stereocenters. The summed E-state index contributed by atoms with van der Waals surface area (Å²) in [5.41, 5.74) is 1.37. The Bertz CT molecular complexity index is 305. The first-order valence-electron chi connectivity index (χ1n) is 6.53. The maximum atomic E-state index is 5.17. The second-order valence-corrected chi connectivity index (χ2v) is 4.86. The fraction of sp³-hybridized carbons (Fsp3) is 0.600. The van der Waals surface area contributed by atoms with E-state index in [0.717, 1.165) is 18.7 Å². The van der Waals surface area contributed by atoms with E-state index >= 15 is 0 Å². The second-order valence-electron chi connectivity index (χ2n) is 4.86. The number of hydrogen-bond acceptors (Lipinski definition) is 2. The molecule has 0 heterocycles. The third-order valence-corrected chi connectivity index (χ3v) is 3.08. The lowest BCUT2D eigenvalue weighted by molar-refractivity contribution is 0.396. The molecule has 96 valence electrons. The summed E-state index contributed by atoms with van der Waals surface area (Å²) in [5, 5.41) is 3.61. The molecule has 0 saturated carbocycles. The van der Waals surface area contributed by atoms with E-state index in [4.69, 9.17) is 4.74 Å². The van der Waals surface area contributed by atoms with Gasteiger partial charge in [-0.1, -0.05) is 32.9 Å². The van der Waals surface area contributed by atoms with Crippen LogP contribution in [0.1, 0.15) is 32.8 Å². The van der Waals surface area contributed by atoms with E-state index in [1.165, 1.54) is 12.0 Å². The van der Waals surface area contributed by atoms with Gasteiger partial charge in [0.2, 0.25) is 0 Å². The van der Waals surface area contributed by atoms with E-state index in [2.05, 4.69) is 38.2 Å². The lowest BCUT2D eigenvalue weighted by Crippen LogP contribution is -2.36. The molecule has 0 aromatic heterocycles.